The van der Waals surface area contributed by atoms with Gasteiger partial charge in [-0.2, -0.15) is 13.2 Å². The maximum atomic E-state index is 14.1. The van der Waals surface area contributed by atoms with Gasteiger partial charge in [-0.15, -0.1) is 0 Å². The monoisotopic (exact) mass is 384 g/mol. The molecular formula is C14H11ClF6N4. The predicted molar refractivity (Wildman–Crippen MR) is 80.3 cm³/mol. The van der Waals surface area contributed by atoms with Crippen molar-refractivity contribution in [2.24, 2.45) is 10.8 Å². The highest BCUT2D eigenvalue weighted by molar-refractivity contribution is 6.40. The molecule has 1 aliphatic rings. The van der Waals surface area contributed by atoms with Crippen LogP contribution in [0.15, 0.2) is 34.7 Å². The zero-order chi connectivity index (χ0) is 19.1. The number of hydrogen-bond donors (Lipinski definition) is 2. The zero-order valence-corrected chi connectivity index (χ0v) is 13.3. The normalized spacial score (nSPS) is 18.7. The number of rotatable bonds is 2. The van der Waals surface area contributed by atoms with Crippen molar-refractivity contribution < 1.29 is 26.3 Å². The van der Waals surface area contributed by atoms with E-state index in [-0.39, 0.29) is 5.82 Å². The number of benzene rings is 1. The highest BCUT2D eigenvalue weighted by atomic mass is 35.5. The molecule has 25 heavy (non-hydrogen) atoms. The molecule has 0 spiro atoms. The van der Waals surface area contributed by atoms with Crippen molar-refractivity contribution in [2.45, 2.75) is 19.1 Å². The van der Waals surface area contributed by atoms with Crippen LogP contribution in [0, 0.1) is 17.5 Å². The van der Waals surface area contributed by atoms with Gasteiger partial charge in [0.2, 0.25) is 0 Å². The molecule has 0 aromatic heterocycles. The molecule has 1 heterocycles. The van der Waals surface area contributed by atoms with Gasteiger partial charge in [-0.1, -0.05) is 18.2 Å². The van der Waals surface area contributed by atoms with Gasteiger partial charge in [-0.3, -0.25) is 4.99 Å². The van der Waals surface area contributed by atoms with E-state index in [1.807, 2.05) is 0 Å². The third-order valence-electron chi connectivity index (χ3n) is 3.26. The quantitative estimate of drug-likeness (QED) is 0.465. The summed E-state index contributed by atoms with van der Waals surface area (Å²) in [4.78, 5) is 3.37. The molecule has 1 aromatic carbocycles. The number of nitrogens with zero attached hydrogens (tertiary/aromatic N) is 2. The van der Waals surface area contributed by atoms with Crippen LogP contribution in [0.2, 0.25) is 0 Å². The van der Waals surface area contributed by atoms with Crippen LogP contribution in [0.25, 0.3) is 5.57 Å². The van der Waals surface area contributed by atoms with Gasteiger partial charge in [-0.25, -0.2) is 24.0 Å². The third kappa shape index (κ3) is 3.74. The van der Waals surface area contributed by atoms with E-state index in [4.69, 9.17) is 17.4 Å². The molecular weight excluding hydrogens is 374 g/mol. The smallest absolute Gasteiger partial charge is 0.331 e. The van der Waals surface area contributed by atoms with Crippen LogP contribution < -0.4 is 11.2 Å². The molecule has 0 saturated carbocycles. The van der Waals surface area contributed by atoms with Crippen LogP contribution >= 0.6 is 11.6 Å². The first-order chi connectivity index (χ1) is 11.4. The Balaban J connectivity index is 2.73. The largest absolute Gasteiger partial charge is 0.410 e. The van der Waals surface area contributed by atoms with Crippen molar-refractivity contribution in [3.63, 3.8) is 0 Å². The second-order valence-electron chi connectivity index (χ2n) is 5.05. The Morgan fingerprint density at radius 1 is 1.24 bits per heavy atom. The summed E-state index contributed by atoms with van der Waals surface area (Å²) in [6, 6.07) is -1.56. The summed E-state index contributed by atoms with van der Waals surface area (Å²) in [5.41, 5.74) is -1.47. The number of hydrogen-bond acceptors (Lipinski definition) is 3. The van der Waals surface area contributed by atoms with E-state index in [0.29, 0.717) is 24.1 Å². The Labute approximate surface area is 143 Å². The van der Waals surface area contributed by atoms with Crippen molar-refractivity contribution in [3.8, 4) is 0 Å². The zero-order valence-electron chi connectivity index (χ0n) is 12.6. The number of hydrazine groups is 1. The van der Waals surface area contributed by atoms with Gasteiger partial charge in [-0.05, 0) is 6.92 Å². The molecule has 2 rings (SSSR count). The topological polar surface area (TPSA) is 53.7 Å². The summed E-state index contributed by atoms with van der Waals surface area (Å²) in [6.45, 7) is 4.13. The standard InChI is InChI=1S/C14H11ClF6N4/c1-5(14(19,20)21)23-13-11(12(15)24-6(2)25(13)22)10-8(17)3-7(16)4-9(10)18/h3-5,24H,2,22H2,1H3/t5-/m0/s1. The van der Waals surface area contributed by atoms with Crippen molar-refractivity contribution in [3.05, 3.63) is 52.7 Å². The lowest BCUT2D eigenvalue weighted by atomic mass is 10.0. The van der Waals surface area contributed by atoms with Crippen molar-refractivity contribution in [1.82, 2.24) is 10.3 Å². The Morgan fingerprint density at radius 3 is 2.24 bits per heavy atom. The Kier molecular flexibility index (Phi) is 5.05. The maximum Gasteiger partial charge on any atom is 0.410 e. The second-order valence-corrected chi connectivity index (χ2v) is 5.42. The first-order valence-electron chi connectivity index (χ1n) is 6.63. The molecule has 1 atom stereocenters. The molecule has 4 nitrogen and oxygen atoms in total. The second kappa shape index (κ2) is 6.60. The van der Waals surface area contributed by atoms with Gasteiger partial charge >= 0.3 is 6.18 Å². The van der Waals surface area contributed by atoms with E-state index >= 15 is 0 Å². The van der Waals surface area contributed by atoms with Crippen LogP contribution in [-0.4, -0.2) is 23.1 Å². The molecule has 0 radical (unpaired) electrons. The highest BCUT2D eigenvalue weighted by Gasteiger charge is 2.39. The number of aliphatic imine (C=N–C) groups is 1. The number of halogens is 7. The van der Waals surface area contributed by atoms with Gasteiger partial charge < -0.3 is 5.32 Å². The van der Waals surface area contributed by atoms with E-state index in [1.54, 1.807) is 0 Å². The first kappa shape index (κ1) is 19.1. The number of nitrogens with two attached hydrogens (primary N) is 1. The SMILES string of the molecule is C=C1NC(Cl)=C(c2c(F)cc(F)cc2F)C(=N[C@@H](C)C(F)(F)F)N1N. The molecule has 1 aromatic rings. The van der Waals surface area contributed by atoms with E-state index < -0.39 is 51.8 Å². The molecule has 0 unspecified atom stereocenters. The van der Waals surface area contributed by atoms with Crippen LogP contribution in [0.3, 0.4) is 0 Å². The fourth-order valence-electron chi connectivity index (χ4n) is 1.98. The minimum absolute atomic E-state index is 0.176. The first-order valence-corrected chi connectivity index (χ1v) is 7.01. The van der Waals surface area contributed by atoms with Gasteiger partial charge in [0.15, 0.2) is 5.84 Å². The van der Waals surface area contributed by atoms with Gasteiger partial charge in [0.1, 0.15) is 34.5 Å². The van der Waals surface area contributed by atoms with Crippen LogP contribution in [0.1, 0.15) is 12.5 Å². The summed E-state index contributed by atoms with van der Waals surface area (Å²) in [5.74, 6) is 0.753. The molecule has 1 aliphatic heterocycles. The fourth-order valence-corrected chi connectivity index (χ4v) is 2.27. The number of amidine groups is 1. The van der Waals surface area contributed by atoms with Crippen molar-refractivity contribution >= 4 is 23.0 Å². The van der Waals surface area contributed by atoms with E-state index in [0.717, 1.165) is 0 Å². The van der Waals surface area contributed by atoms with Crippen molar-refractivity contribution in [2.75, 3.05) is 0 Å². The Morgan fingerprint density at radius 2 is 1.76 bits per heavy atom. The van der Waals surface area contributed by atoms with Crippen LogP contribution in [0.4, 0.5) is 26.3 Å². The number of nitrogens with one attached hydrogen (secondary N) is 1. The molecule has 0 fully saturated rings. The van der Waals surface area contributed by atoms with Crippen molar-refractivity contribution in [1.29, 1.82) is 0 Å². The average molecular weight is 385 g/mol. The minimum atomic E-state index is -4.74. The van der Waals surface area contributed by atoms with Gasteiger partial charge in [0.05, 0.1) is 11.1 Å². The molecule has 0 amide bonds. The minimum Gasteiger partial charge on any atom is -0.331 e. The predicted octanol–water partition coefficient (Wildman–Crippen LogP) is 3.61. The Bertz CT molecular complexity index is 763. The summed E-state index contributed by atoms with van der Waals surface area (Å²) in [5, 5.41) is 2.44. The average Bonchev–Trinajstić information content (AvgIpc) is 2.45. The third-order valence-corrected chi connectivity index (χ3v) is 3.55. The van der Waals surface area contributed by atoms with E-state index in [2.05, 4.69) is 16.9 Å². The van der Waals surface area contributed by atoms with E-state index in [1.165, 1.54) is 0 Å². The Hall–Kier alpha value is -2.20. The summed E-state index contributed by atoms with van der Waals surface area (Å²) in [7, 11) is 0. The summed E-state index contributed by atoms with van der Waals surface area (Å²) < 4.78 is 79.7. The molecule has 0 saturated heterocycles. The fraction of sp³-hybridized carbons (Fsp3) is 0.214. The summed E-state index contributed by atoms with van der Waals surface area (Å²) in [6.07, 6.45) is -4.74. The van der Waals surface area contributed by atoms with Gasteiger partial charge in [0, 0.05) is 12.1 Å². The van der Waals surface area contributed by atoms with Gasteiger partial charge in [0.25, 0.3) is 0 Å². The lowest BCUT2D eigenvalue weighted by molar-refractivity contribution is -0.142. The van der Waals surface area contributed by atoms with Crippen LogP contribution in [0.5, 0.6) is 0 Å². The lowest BCUT2D eigenvalue weighted by Crippen LogP contribution is -2.46. The molecule has 3 N–H and O–H groups in total. The van der Waals surface area contributed by atoms with Crippen LogP contribution in [-0.2, 0) is 0 Å². The maximum absolute atomic E-state index is 14.1. The highest BCUT2D eigenvalue weighted by Crippen LogP contribution is 2.33. The lowest BCUT2D eigenvalue weighted by Gasteiger charge is -2.32. The number of alkyl halides is 3. The molecule has 136 valence electrons. The summed E-state index contributed by atoms with van der Waals surface area (Å²) >= 11 is 5.89. The molecule has 0 aliphatic carbocycles. The molecule has 11 heteroatoms. The molecule has 0 bridgehead atoms. The van der Waals surface area contributed by atoms with E-state index in [9.17, 15) is 26.3 Å².